The van der Waals surface area contributed by atoms with Gasteiger partial charge in [-0.2, -0.15) is 0 Å². The number of anilines is 2. The molecule has 7 heteroatoms. The van der Waals surface area contributed by atoms with Gasteiger partial charge in [-0.05, 0) is 42.7 Å². The van der Waals surface area contributed by atoms with Crippen molar-refractivity contribution in [2.24, 2.45) is 0 Å². The second-order valence-corrected chi connectivity index (χ2v) is 6.64. The molecule has 2 rings (SSSR count). The van der Waals surface area contributed by atoms with Gasteiger partial charge in [0.25, 0.3) is 5.91 Å². The van der Waals surface area contributed by atoms with Crippen LogP contribution in [0.3, 0.4) is 0 Å². The van der Waals surface area contributed by atoms with Gasteiger partial charge in [0.05, 0.1) is 6.42 Å². The Bertz CT molecular complexity index is 867. The van der Waals surface area contributed by atoms with Crippen molar-refractivity contribution in [3.63, 3.8) is 0 Å². The van der Waals surface area contributed by atoms with Gasteiger partial charge in [0.2, 0.25) is 5.91 Å². The van der Waals surface area contributed by atoms with Gasteiger partial charge in [0.1, 0.15) is 0 Å². The van der Waals surface area contributed by atoms with E-state index in [1.807, 2.05) is 32.0 Å². The van der Waals surface area contributed by atoms with Crippen LogP contribution in [0.1, 0.15) is 30.9 Å². The van der Waals surface area contributed by atoms with Crippen molar-refractivity contribution in [1.82, 2.24) is 0 Å². The highest BCUT2D eigenvalue weighted by molar-refractivity contribution is 6.31. The summed E-state index contributed by atoms with van der Waals surface area (Å²) < 4.78 is 4.93. The van der Waals surface area contributed by atoms with E-state index in [0.29, 0.717) is 16.4 Å². The summed E-state index contributed by atoms with van der Waals surface area (Å²) in [4.78, 5) is 35.6. The standard InChI is InChI=1S/C21H23ClN2O4/c1-3-15-6-4-5-7-18(15)24-20(26)13-28-21(27)11-10-19(25)23-16-9-8-14(2)17(22)12-16/h4-9,12H,3,10-11,13H2,1-2H3,(H,23,25)(H,24,26). The van der Waals surface area contributed by atoms with E-state index in [1.165, 1.54) is 0 Å². The van der Waals surface area contributed by atoms with Crippen LogP contribution in [0.2, 0.25) is 5.02 Å². The second kappa shape index (κ2) is 10.5. The first-order chi connectivity index (χ1) is 13.4. The predicted octanol–water partition coefficient (Wildman–Crippen LogP) is 4.11. The minimum Gasteiger partial charge on any atom is -0.456 e. The molecule has 0 aliphatic rings. The van der Waals surface area contributed by atoms with Crippen LogP contribution in [0.4, 0.5) is 11.4 Å². The SMILES string of the molecule is CCc1ccccc1NC(=O)COC(=O)CCC(=O)Nc1ccc(C)c(Cl)c1. The Labute approximate surface area is 169 Å². The maximum Gasteiger partial charge on any atom is 0.306 e. The number of carbonyl (C=O) groups is 3. The molecule has 0 heterocycles. The zero-order valence-electron chi connectivity index (χ0n) is 15.9. The molecule has 0 fully saturated rings. The zero-order valence-corrected chi connectivity index (χ0v) is 16.6. The lowest BCUT2D eigenvalue weighted by Crippen LogP contribution is -2.22. The van der Waals surface area contributed by atoms with Gasteiger partial charge in [0.15, 0.2) is 6.61 Å². The fourth-order valence-electron chi connectivity index (χ4n) is 2.46. The van der Waals surface area contributed by atoms with Gasteiger partial charge in [-0.15, -0.1) is 0 Å². The van der Waals surface area contributed by atoms with Crippen LogP contribution in [-0.4, -0.2) is 24.4 Å². The average molecular weight is 403 g/mol. The Morgan fingerprint density at radius 1 is 1.00 bits per heavy atom. The van der Waals surface area contributed by atoms with Crippen LogP contribution in [0.5, 0.6) is 0 Å². The summed E-state index contributed by atoms with van der Waals surface area (Å²) in [6.45, 7) is 3.45. The summed E-state index contributed by atoms with van der Waals surface area (Å²) >= 11 is 6.01. The lowest BCUT2D eigenvalue weighted by molar-refractivity contribution is -0.147. The summed E-state index contributed by atoms with van der Waals surface area (Å²) in [6, 6.07) is 12.6. The Hall–Kier alpha value is -2.86. The third kappa shape index (κ3) is 6.70. The molecular weight excluding hydrogens is 380 g/mol. The fraction of sp³-hybridized carbons (Fsp3) is 0.286. The molecule has 0 saturated heterocycles. The van der Waals surface area contributed by atoms with Crippen LogP contribution in [0, 0.1) is 6.92 Å². The maximum atomic E-state index is 11.9. The number of hydrogen-bond acceptors (Lipinski definition) is 4. The molecule has 0 aromatic heterocycles. The molecule has 0 bridgehead atoms. The molecule has 0 unspecified atom stereocenters. The summed E-state index contributed by atoms with van der Waals surface area (Å²) in [7, 11) is 0. The lowest BCUT2D eigenvalue weighted by atomic mass is 10.1. The predicted molar refractivity (Wildman–Crippen MR) is 109 cm³/mol. The zero-order chi connectivity index (χ0) is 20.5. The van der Waals surface area contributed by atoms with Crippen LogP contribution in [0.15, 0.2) is 42.5 Å². The number of ether oxygens (including phenoxy) is 1. The smallest absolute Gasteiger partial charge is 0.306 e. The monoisotopic (exact) mass is 402 g/mol. The summed E-state index contributed by atoms with van der Waals surface area (Å²) in [6.07, 6.45) is 0.604. The molecule has 2 aromatic rings. The Morgan fingerprint density at radius 3 is 2.46 bits per heavy atom. The summed E-state index contributed by atoms with van der Waals surface area (Å²) in [5.74, 6) is -1.37. The third-order valence-electron chi connectivity index (χ3n) is 4.05. The Balaban J connectivity index is 1.72. The van der Waals surface area contributed by atoms with Gasteiger partial charge in [-0.25, -0.2) is 0 Å². The molecule has 2 aromatic carbocycles. The number of nitrogens with one attached hydrogen (secondary N) is 2. The molecule has 28 heavy (non-hydrogen) atoms. The number of rotatable bonds is 8. The van der Waals surface area contributed by atoms with Crippen LogP contribution in [-0.2, 0) is 25.5 Å². The van der Waals surface area contributed by atoms with Crippen molar-refractivity contribution in [2.75, 3.05) is 17.2 Å². The van der Waals surface area contributed by atoms with E-state index in [1.54, 1.807) is 24.3 Å². The molecule has 0 radical (unpaired) electrons. The number of benzene rings is 2. The van der Waals surface area contributed by atoms with Gasteiger partial charge < -0.3 is 15.4 Å². The molecule has 0 aliphatic carbocycles. The maximum absolute atomic E-state index is 11.9. The minimum atomic E-state index is -0.615. The third-order valence-corrected chi connectivity index (χ3v) is 4.46. The first-order valence-electron chi connectivity index (χ1n) is 8.98. The largest absolute Gasteiger partial charge is 0.456 e. The van der Waals surface area contributed by atoms with Crippen molar-refractivity contribution in [3.8, 4) is 0 Å². The number of halogens is 1. The van der Waals surface area contributed by atoms with Crippen LogP contribution in [0.25, 0.3) is 0 Å². The van der Waals surface area contributed by atoms with Crippen molar-refractivity contribution in [3.05, 3.63) is 58.6 Å². The van der Waals surface area contributed by atoms with Gasteiger partial charge >= 0.3 is 5.97 Å². The first kappa shape index (κ1) is 21.4. The van der Waals surface area contributed by atoms with Crippen molar-refractivity contribution < 1.29 is 19.1 Å². The van der Waals surface area contributed by atoms with Crippen LogP contribution < -0.4 is 10.6 Å². The number of aryl methyl sites for hydroxylation is 2. The summed E-state index contributed by atoms with van der Waals surface area (Å²) in [5, 5.41) is 5.93. The van der Waals surface area contributed by atoms with Crippen molar-refractivity contribution in [2.45, 2.75) is 33.1 Å². The molecule has 0 saturated carbocycles. The number of carbonyl (C=O) groups excluding carboxylic acids is 3. The van der Waals surface area contributed by atoms with E-state index in [-0.39, 0.29) is 18.7 Å². The normalized spacial score (nSPS) is 10.2. The van der Waals surface area contributed by atoms with Crippen LogP contribution >= 0.6 is 11.6 Å². The number of esters is 1. The van der Waals surface area contributed by atoms with Gasteiger partial charge in [0, 0.05) is 22.8 Å². The molecule has 0 atom stereocenters. The molecule has 0 aliphatic heterocycles. The number of amides is 2. The first-order valence-corrected chi connectivity index (χ1v) is 9.36. The highest BCUT2D eigenvalue weighted by atomic mass is 35.5. The minimum absolute atomic E-state index is 0.0510. The average Bonchev–Trinajstić information content (AvgIpc) is 2.68. The molecule has 0 spiro atoms. The van der Waals surface area contributed by atoms with E-state index < -0.39 is 18.5 Å². The highest BCUT2D eigenvalue weighted by Crippen LogP contribution is 2.20. The lowest BCUT2D eigenvalue weighted by Gasteiger charge is -2.10. The Morgan fingerprint density at radius 2 is 1.75 bits per heavy atom. The molecule has 148 valence electrons. The van der Waals surface area contributed by atoms with E-state index >= 15 is 0 Å². The molecule has 2 N–H and O–H groups in total. The van der Waals surface area contributed by atoms with E-state index in [9.17, 15) is 14.4 Å². The quantitative estimate of drug-likeness (QED) is 0.651. The molecule has 6 nitrogen and oxygen atoms in total. The Kier molecular flexibility index (Phi) is 8.02. The molecule has 2 amide bonds. The topological polar surface area (TPSA) is 84.5 Å². The van der Waals surface area contributed by atoms with E-state index in [4.69, 9.17) is 16.3 Å². The number of para-hydroxylation sites is 1. The number of hydrogen-bond donors (Lipinski definition) is 2. The van der Waals surface area contributed by atoms with Gasteiger partial charge in [-0.1, -0.05) is 42.8 Å². The van der Waals surface area contributed by atoms with E-state index in [0.717, 1.165) is 17.5 Å². The van der Waals surface area contributed by atoms with Crippen molar-refractivity contribution in [1.29, 1.82) is 0 Å². The van der Waals surface area contributed by atoms with Crippen molar-refractivity contribution >= 4 is 40.8 Å². The fourth-order valence-corrected chi connectivity index (χ4v) is 2.65. The van der Waals surface area contributed by atoms with Gasteiger partial charge in [-0.3, -0.25) is 14.4 Å². The van der Waals surface area contributed by atoms with E-state index in [2.05, 4.69) is 10.6 Å². The molecular formula is C21H23ClN2O4. The highest BCUT2D eigenvalue weighted by Gasteiger charge is 2.12. The summed E-state index contributed by atoms with van der Waals surface area (Å²) in [5.41, 5.74) is 3.16. The second-order valence-electron chi connectivity index (χ2n) is 6.23.